The lowest BCUT2D eigenvalue weighted by Gasteiger charge is -2.35. The zero-order valence-corrected chi connectivity index (χ0v) is 19.3. The number of aldehydes is 1. The smallest absolute Gasteiger partial charge is 0.316 e. The Balaban J connectivity index is 1.25. The summed E-state index contributed by atoms with van der Waals surface area (Å²) in [5, 5.41) is 13.5. The fourth-order valence-electron chi connectivity index (χ4n) is 4.74. The minimum Gasteiger partial charge on any atom is -0.481 e. The van der Waals surface area contributed by atoms with Crippen LogP contribution in [0.1, 0.15) is 43.4 Å². The van der Waals surface area contributed by atoms with E-state index >= 15 is 0 Å². The van der Waals surface area contributed by atoms with E-state index < -0.39 is 11.4 Å². The number of nitrogens with zero attached hydrogens (tertiary/aromatic N) is 3. The molecule has 3 aromatic rings. The van der Waals surface area contributed by atoms with E-state index in [-0.39, 0.29) is 5.60 Å². The Kier molecular flexibility index (Phi) is 5.58. The van der Waals surface area contributed by atoms with E-state index in [0.717, 1.165) is 22.3 Å². The number of carbonyl (C=O) groups excluding carboxylic acids is 1. The predicted octanol–water partition coefficient (Wildman–Crippen LogP) is 4.03. The van der Waals surface area contributed by atoms with Crippen LogP contribution in [0.5, 0.6) is 0 Å². The lowest BCUT2D eigenvalue weighted by molar-refractivity contribution is -0.154. The van der Waals surface area contributed by atoms with Crippen molar-refractivity contribution in [3.05, 3.63) is 59.2 Å². The minimum absolute atomic E-state index is 0.280. The van der Waals surface area contributed by atoms with Crippen molar-refractivity contribution >= 4 is 12.3 Å². The number of carboxylic acids is 1. The van der Waals surface area contributed by atoms with Gasteiger partial charge in [0, 0.05) is 30.8 Å². The van der Waals surface area contributed by atoms with Gasteiger partial charge in [0.25, 0.3) is 5.89 Å². The molecule has 0 spiro atoms. The Morgan fingerprint density at radius 2 is 1.82 bits per heavy atom. The Labute approximate surface area is 197 Å². The first kappa shape index (κ1) is 22.4. The molecule has 2 aliphatic rings. The molecule has 0 saturated carbocycles. The van der Waals surface area contributed by atoms with Crippen LogP contribution in [0.25, 0.3) is 22.8 Å². The molecule has 8 heteroatoms. The molecule has 0 amide bonds. The summed E-state index contributed by atoms with van der Waals surface area (Å²) in [7, 11) is 0. The average Bonchev–Trinajstić information content (AvgIpc) is 3.45. The maximum atomic E-state index is 11.4. The van der Waals surface area contributed by atoms with Crippen LogP contribution in [0.3, 0.4) is 0 Å². The second kappa shape index (κ2) is 8.45. The van der Waals surface area contributed by atoms with Crippen LogP contribution >= 0.6 is 0 Å². The first-order chi connectivity index (χ1) is 16.3. The normalized spacial score (nSPS) is 19.0. The second-order valence-corrected chi connectivity index (χ2v) is 9.65. The van der Waals surface area contributed by atoms with E-state index in [1.54, 1.807) is 0 Å². The molecule has 0 aliphatic carbocycles. The van der Waals surface area contributed by atoms with Gasteiger partial charge in [-0.2, -0.15) is 4.98 Å². The number of likely N-dealkylation sites (tertiary alicyclic amines) is 1. The number of hydrogen-bond donors (Lipinski definition) is 1. The van der Waals surface area contributed by atoms with Crippen LogP contribution in [0.4, 0.5) is 0 Å². The zero-order chi connectivity index (χ0) is 23.9. The molecule has 0 unspecified atom stereocenters. The summed E-state index contributed by atoms with van der Waals surface area (Å²) >= 11 is 0. The molecule has 176 valence electrons. The van der Waals surface area contributed by atoms with Gasteiger partial charge in [0.2, 0.25) is 5.82 Å². The molecule has 34 heavy (non-hydrogen) atoms. The SMILES string of the molecule is CC1(C)OCc2cc(-c3nc(-c4ccc(CN5CCC(C=O)(C(=O)O)CC5)cc4)no3)ccc21. The van der Waals surface area contributed by atoms with Crippen molar-refractivity contribution in [3.8, 4) is 22.8 Å². The van der Waals surface area contributed by atoms with Gasteiger partial charge in [-0.3, -0.25) is 9.69 Å². The lowest BCUT2D eigenvalue weighted by atomic mass is 9.80. The van der Waals surface area contributed by atoms with Crippen molar-refractivity contribution in [2.75, 3.05) is 13.1 Å². The number of aliphatic carboxylic acids is 1. The standard InChI is InChI=1S/C26H27N3O5/c1-25(2)21-8-7-19(13-20(21)15-33-25)23-27-22(28-34-23)18-5-3-17(4-6-18)14-29-11-9-26(16-30,10-12-29)24(31)32/h3-8,13,16H,9-12,14-15H2,1-2H3,(H,31,32). The maximum Gasteiger partial charge on any atom is 0.316 e. The molecular weight excluding hydrogens is 434 g/mol. The van der Waals surface area contributed by atoms with E-state index in [9.17, 15) is 14.7 Å². The van der Waals surface area contributed by atoms with Crippen LogP contribution < -0.4 is 0 Å². The highest BCUT2D eigenvalue weighted by Gasteiger charge is 2.41. The monoisotopic (exact) mass is 461 g/mol. The van der Waals surface area contributed by atoms with E-state index in [1.807, 2.05) is 36.4 Å². The second-order valence-electron chi connectivity index (χ2n) is 9.65. The number of carbonyl (C=O) groups is 2. The Morgan fingerprint density at radius 3 is 2.50 bits per heavy atom. The number of ether oxygens (including phenoxy) is 1. The van der Waals surface area contributed by atoms with Gasteiger partial charge in [0.1, 0.15) is 11.7 Å². The molecule has 1 fully saturated rings. The highest BCUT2D eigenvalue weighted by atomic mass is 16.5. The third-order valence-electron chi connectivity index (χ3n) is 7.03. The van der Waals surface area contributed by atoms with E-state index in [1.165, 1.54) is 5.56 Å². The number of carboxylic acid groups (broad SMARTS) is 1. The molecule has 0 bridgehead atoms. The lowest BCUT2D eigenvalue weighted by Crippen LogP contribution is -2.45. The van der Waals surface area contributed by atoms with Crippen molar-refractivity contribution in [1.29, 1.82) is 0 Å². The van der Waals surface area contributed by atoms with Crippen molar-refractivity contribution in [2.24, 2.45) is 5.41 Å². The van der Waals surface area contributed by atoms with Gasteiger partial charge in [-0.25, -0.2) is 0 Å². The molecule has 2 aliphatic heterocycles. The van der Waals surface area contributed by atoms with Crippen LogP contribution in [-0.4, -0.2) is 45.5 Å². The fourth-order valence-corrected chi connectivity index (χ4v) is 4.74. The van der Waals surface area contributed by atoms with Gasteiger partial charge in [-0.1, -0.05) is 35.5 Å². The molecular formula is C26H27N3O5. The van der Waals surface area contributed by atoms with Crippen molar-refractivity contribution in [3.63, 3.8) is 0 Å². The Morgan fingerprint density at radius 1 is 1.12 bits per heavy atom. The summed E-state index contributed by atoms with van der Waals surface area (Å²) in [6.07, 6.45) is 1.27. The Bertz CT molecular complexity index is 1220. The third-order valence-corrected chi connectivity index (χ3v) is 7.03. The van der Waals surface area contributed by atoms with Gasteiger partial charge in [0.15, 0.2) is 0 Å². The maximum absolute atomic E-state index is 11.4. The summed E-state index contributed by atoms with van der Waals surface area (Å²) in [5.41, 5.74) is 3.62. The largest absolute Gasteiger partial charge is 0.481 e. The van der Waals surface area contributed by atoms with E-state index in [0.29, 0.717) is 57.1 Å². The number of benzene rings is 2. The first-order valence-corrected chi connectivity index (χ1v) is 11.4. The van der Waals surface area contributed by atoms with E-state index in [2.05, 4.69) is 35.0 Å². The molecule has 0 radical (unpaired) electrons. The van der Waals surface area contributed by atoms with Crippen LogP contribution in [0.2, 0.25) is 0 Å². The highest BCUT2D eigenvalue weighted by Crippen LogP contribution is 2.38. The molecule has 5 rings (SSSR count). The summed E-state index contributed by atoms with van der Waals surface area (Å²) < 4.78 is 11.4. The molecule has 2 aromatic carbocycles. The zero-order valence-electron chi connectivity index (χ0n) is 19.3. The van der Waals surface area contributed by atoms with Gasteiger partial charge < -0.3 is 19.2 Å². The first-order valence-electron chi connectivity index (χ1n) is 11.4. The molecule has 1 saturated heterocycles. The Hall–Kier alpha value is -3.36. The predicted molar refractivity (Wildman–Crippen MR) is 124 cm³/mol. The summed E-state index contributed by atoms with van der Waals surface area (Å²) in [6, 6.07) is 14.0. The quantitative estimate of drug-likeness (QED) is 0.433. The molecule has 8 nitrogen and oxygen atoms in total. The van der Waals surface area contributed by atoms with Gasteiger partial charge in [-0.15, -0.1) is 0 Å². The number of piperidine rings is 1. The molecule has 3 heterocycles. The van der Waals surface area contributed by atoms with E-state index in [4.69, 9.17) is 9.26 Å². The topological polar surface area (TPSA) is 106 Å². The van der Waals surface area contributed by atoms with Crippen LogP contribution in [0.15, 0.2) is 47.0 Å². The average molecular weight is 462 g/mol. The van der Waals surface area contributed by atoms with Crippen molar-refractivity contribution in [1.82, 2.24) is 15.0 Å². The number of fused-ring (bicyclic) bond motifs is 1. The van der Waals surface area contributed by atoms with Gasteiger partial charge in [-0.05, 0) is 55.5 Å². The number of rotatable bonds is 6. The molecule has 0 atom stereocenters. The van der Waals surface area contributed by atoms with Crippen molar-refractivity contribution < 1.29 is 24.0 Å². The third kappa shape index (κ3) is 4.03. The molecule has 1 N–H and O–H groups in total. The minimum atomic E-state index is -1.24. The van der Waals surface area contributed by atoms with Gasteiger partial charge >= 0.3 is 5.97 Å². The van der Waals surface area contributed by atoms with Crippen LogP contribution in [0, 0.1) is 5.41 Å². The summed E-state index contributed by atoms with van der Waals surface area (Å²) in [5.74, 6) is -0.0335. The van der Waals surface area contributed by atoms with Gasteiger partial charge in [0.05, 0.1) is 12.2 Å². The van der Waals surface area contributed by atoms with Crippen molar-refractivity contribution in [2.45, 2.75) is 45.4 Å². The number of hydrogen-bond acceptors (Lipinski definition) is 7. The summed E-state index contributed by atoms with van der Waals surface area (Å²) in [4.78, 5) is 29.5. The highest BCUT2D eigenvalue weighted by molar-refractivity contribution is 5.92. The van der Waals surface area contributed by atoms with Crippen LogP contribution in [-0.2, 0) is 33.1 Å². The summed E-state index contributed by atoms with van der Waals surface area (Å²) in [6.45, 7) is 6.54. The molecule has 1 aromatic heterocycles. The number of aromatic nitrogens is 2. The fraction of sp³-hybridized carbons (Fsp3) is 0.385.